The fourth-order valence-corrected chi connectivity index (χ4v) is 1.72. The van der Waals surface area contributed by atoms with Crippen molar-refractivity contribution in [1.82, 2.24) is 15.5 Å². The zero-order chi connectivity index (χ0) is 10.6. The Morgan fingerprint density at radius 2 is 2.00 bits per heavy atom. The number of likely N-dealkylation sites (tertiary alicyclic amines) is 1. The molecular weight excluding hydrogens is 178 g/mol. The smallest absolute Gasteiger partial charge is 0.314 e. The van der Waals surface area contributed by atoms with E-state index >= 15 is 0 Å². The summed E-state index contributed by atoms with van der Waals surface area (Å²) < 4.78 is 0. The van der Waals surface area contributed by atoms with E-state index in [2.05, 4.69) is 29.5 Å². The molecule has 1 aliphatic rings. The standard InChI is InChI=1S/C10H21N3O/c1-10(8-12-9(14)11-2)4-6-13(3)7-5-10/h4-8H2,1-3H3,(H2,11,12,14). The molecule has 0 unspecified atom stereocenters. The van der Waals surface area contributed by atoms with Gasteiger partial charge < -0.3 is 15.5 Å². The molecule has 0 radical (unpaired) electrons. The van der Waals surface area contributed by atoms with Crippen molar-refractivity contribution >= 4 is 6.03 Å². The van der Waals surface area contributed by atoms with Gasteiger partial charge in [0.05, 0.1) is 0 Å². The van der Waals surface area contributed by atoms with E-state index in [-0.39, 0.29) is 11.4 Å². The number of amides is 2. The van der Waals surface area contributed by atoms with Crippen molar-refractivity contribution in [3.05, 3.63) is 0 Å². The molecule has 2 amide bonds. The van der Waals surface area contributed by atoms with Gasteiger partial charge in [0.1, 0.15) is 0 Å². The molecule has 2 N–H and O–H groups in total. The van der Waals surface area contributed by atoms with Gasteiger partial charge in [0.15, 0.2) is 0 Å². The summed E-state index contributed by atoms with van der Waals surface area (Å²) in [4.78, 5) is 13.4. The molecular formula is C10H21N3O. The highest BCUT2D eigenvalue weighted by molar-refractivity contribution is 5.73. The van der Waals surface area contributed by atoms with E-state index in [1.807, 2.05) is 0 Å². The molecule has 4 nitrogen and oxygen atoms in total. The predicted octanol–water partition coefficient (Wildman–Crippen LogP) is 0.647. The number of rotatable bonds is 2. The van der Waals surface area contributed by atoms with E-state index < -0.39 is 0 Å². The Hall–Kier alpha value is -0.770. The van der Waals surface area contributed by atoms with Crippen LogP contribution in [0.3, 0.4) is 0 Å². The molecule has 0 atom stereocenters. The summed E-state index contributed by atoms with van der Waals surface area (Å²) in [5.41, 5.74) is 0.277. The Bertz CT molecular complexity index is 198. The van der Waals surface area contributed by atoms with Crippen LogP contribution in [0, 0.1) is 5.41 Å². The van der Waals surface area contributed by atoms with Crippen LogP contribution in [-0.4, -0.2) is 44.7 Å². The quantitative estimate of drug-likeness (QED) is 0.686. The molecule has 4 heteroatoms. The van der Waals surface area contributed by atoms with Crippen LogP contribution in [0.4, 0.5) is 4.79 Å². The van der Waals surface area contributed by atoms with Gasteiger partial charge in [-0.1, -0.05) is 6.92 Å². The second kappa shape index (κ2) is 4.64. The van der Waals surface area contributed by atoms with Crippen molar-refractivity contribution in [1.29, 1.82) is 0 Å². The highest BCUT2D eigenvalue weighted by atomic mass is 16.2. The normalized spacial score (nSPS) is 21.6. The van der Waals surface area contributed by atoms with Crippen molar-refractivity contribution in [2.45, 2.75) is 19.8 Å². The summed E-state index contributed by atoms with van der Waals surface area (Å²) in [5, 5.41) is 5.46. The van der Waals surface area contributed by atoms with Crippen LogP contribution >= 0.6 is 0 Å². The number of nitrogens with zero attached hydrogens (tertiary/aromatic N) is 1. The minimum atomic E-state index is -0.0786. The van der Waals surface area contributed by atoms with Gasteiger partial charge in [0, 0.05) is 13.6 Å². The molecule has 0 aromatic carbocycles. The lowest BCUT2D eigenvalue weighted by Crippen LogP contribution is -2.45. The van der Waals surface area contributed by atoms with Gasteiger partial charge in [0.2, 0.25) is 0 Å². The lowest BCUT2D eigenvalue weighted by molar-refractivity contribution is 0.138. The van der Waals surface area contributed by atoms with Crippen molar-refractivity contribution in [2.24, 2.45) is 5.41 Å². The van der Waals surface area contributed by atoms with E-state index in [1.54, 1.807) is 7.05 Å². The van der Waals surface area contributed by atoms with Crippen LogP contribution in [0.15, 0.2) is 0 Å². The Morgan fingerprint density at radius 3 is 2.50 bits per heavy atom. The van der Waals surface area contributed by atoms with Crippen molar-refractivity contribution in [2.75, 3.05) is 33.7 Å². The first kappa shape index (κ1) is 11.3. The molecule has 0 bridgehead atoms. The molecule has 0 spiro atoms. The number of hydrogen-bond donors (Lipinski definition) is 2. The first-order valence-electron chi connectivity index (χ1n) is 5.20. The molecule has 0 aromatic rings. The first-order chi connectivity index (χ1) is 6.56. The molecule has 0 aromatic heterocycles. The van der Waals surface area contributed by atoms with Crippen LogP contribution < -0.4 is 10.6 Å². The van der Waals surface area contributed by atoms with Gasteiger partial charge in [-0.2, -0.15) is 0 Å². The van der Waals surface area contributed by atoms with Crippen molar-refractivity contribution in [3.8, 4) is 0 Å². The Labute approximate surface area is 86.0 Å². The summed E-state index contributed by atoms with van der Waals surface area (Å²) in [5.74, 6) is 0. The summed E-state index contributed by atoms with van der Waals surface area (Å²) in [6, 6.07) is -0.0786. The van der Waals surface area contributed by atoms with Crippen molar-refractivity contribution in [3.63, 3.8) is 0 Å². The zero-order valence-corrected chi connectivity index (χ0v) is 9.39. The third-order valence-corrected chi connectivity index (χ3v) is 3.10. The van der Waals surface area contributed by atoms with Gasteiger partial charge in [-0.3, -0.25) is 0 Å². The molecule has 14 heavy (non-hydrogen) atoms. The average molecular weight is 199 g/mol. The largest absolute Gasteiger partial charge is 0.341 e. The van der Waals surface area contributed by atoms with Gasteiger partial charge in [-0.15, -0.1) is 0 Å². The van der Waals surface area contributed by atoms with Crippen molar-refractivity contribution < 1.29 is 4.79 Å². The van der Waals surface area contributed by atoms with Crippen LogP contribution in [-0.2, 0) is 0 Å². The maximum atomic E-state index is 11.0. The maximum absolute atomic E-state index is 11.0. The molecule has 0 saturated carbocycles. The predicted molar refractivity (Wildman–Crippen MR) is 57.3 cm³/mol. The van der Waals surface area contributed by atoms with Crippen LogP contribution in [0.5, 0.6) is 0 Å². The monoisotopic (exact) mass is 199 g/mol. The number of urea groups is 1. The zero-order valence-electron chi connectivity index (χ0n) is 9.39. The Kier molecular flexibility index (Phi) is 3.75. The minimum Gasteiger partial charge on any atom is -0.341 e. The van der Waals surface area contributed by atoms with Gasteiger partial charge in [0.25, 0.3) is 0 Å². The Morgan fingerprint density at radius 1 is 1.43 bits per heavy atom. The van der Waals surface area contributed by atoms with Gasteiger partial charge in [-0.25, -0.2) is 4.79 Å². The summed E-state index contributed by atoms with van der Waals surface area (Å²) in [6.07, 6.45) is 2.32. The SMILES string of the molecule is CNC(=O)NCC1(C)CCN(C)CC1. The minimum absolute atomic E-state index is 0.0786. The molecule has 1 aliphatic heterocycles. The molecule has 1 rings (SSSR count). The second-order valence-electron chi connectivity index (χ2n) is 4.55. The van der Waals surface area contributed by atoms with E-state index in [4.69, 9.17) is 0 Å². The van der Waals surface area contributed by atoms with E-state index in [1.165, 1.54) is 0 Å². The van der Waals surface area contributed by atoms with Crippen LogP contribution in [0.25, 0.3) is 0 Å². The molecule has 1 heterocycles. The number of hydrogen-bond acceptors (Lipinski definition) is 2. The van der Waals surface area contributed by atoms with E-state index in [0.717, 1.165) is 32.5 Å². The van der Waals surface area contributed by atoms with Crippen LogP contribution in [0.1, 0.15) is 19.8 Å². The third-order valence-electron chi connectivity index (χ3n) is 3.10. The van der Waals surface area contributed by atoms with Crippen LogP contribution in [0.2, 0.25) is 0 Å². The second-order valence-corrected chi connectivity index (χ2v) is 4.55. The van der Waals surface area contributed by atoms with Gasteiger partial charge >= 0.3 is 6.03 Å². The molecule has 1 saturated heterocycles. The first-order valence-corrected chi connectivity index (χ1v) is 5.20. The topological polar surface area (TPSA) is 44.4 Å². The molecule has 82 valence electrons. The number of piperidine rings is 1. The number of carbonyl (C=O) groups is 1. The number of nitrogens with one attached hydrogen (secondary N) is 2. The fourth-order valence-electron chi connectivity index (χ4n) is 1.72. The lowest BCUT2D eigenvalue weighted by Gasteiger charge is -2.37. The average Bonchev–Trinajstić information content (AvgIpc) is 2.20. The molecule has 1 fully saturated rings. The van der Waals surface area contributed by atoms with Gasteiger partial charge in [-0.05, 0) is 38.4 Å². The van der Waals surface area contributed by atoms with E-state index in [9.17, 15) is 4.79 Å². The highest BCUT2D eigenvalue weighted by Crippen LogP contribution is 2.29. The summed E-state index contributed by atoms with van der Waals surface area (Å²) >= 11 is 0. The lowest BCUT2D eigenvalue weighted by atomic mass is 9.80. The Balaban J connectivity index is 2.31. The highest BCUT2D eigenvalue weighted by Gasteiger charge is 2.28. The summed E-state index contributed by atoms with van der Waals surface area (Å²) in [7, 11) is 3.79. The molecule has 0 aliphatic carbocycles. The third kappa shape index (κ3) is 3.18. The van der Waals surface area contributed by atoms with E-state index in [0.29, 0.717) is 0 Å². The maximum Gasteiger partial charge on any atom is 0.314 e. The fraction of sp³-hybridized carbons (Fsp3) is 0.900. The number of carbonyl (C=O) groups excluding carboxylic acids is 1. The summed E-state index contributed by atoms with van der Waals surface area (Å²) in [6.45, 7) is 5.29.